The summed E-state index contributed by atoms with van der Waals surface area (Å²) >= 11 is 3.50. The van der Waals surface area contributed by atoms with E-state index in [1.165, 1.54) is 21.5 Å². The smallest absolute Gasteiger partial charge is 0.119 e. The third kappa shape index (κ3) is 3.53. The summed E-state index contributed by atoms with van der Waals surface area (Å²) in [4.78, 5) is 9.44. The van der Waals surface area contributed by atoms with E-state index < -0.39 is 0 Å². The molecule has 1 unspecified atom stereocenters. The molecule has 134 valence electrons. The highest BCUT2D eigenvalue weighted by molar-refractivity contribution is 7.10. The molecule has 4 nitrogen and oxygen atoms in total. The van der Waals surface area contributed by atoms with E-state index in [0.29, 0.717) is 0 Å². The van der Waals surface area contributed by atoms with E-state index in [-0.39, 0.29) is 6.04 Å². The zero-order valence-electron chi connectivity index (χ0n) is 14.8. The largest absolute Gasteiger partial charge is 0.497 e. The van der Waals surface area contributed by atoms with Gasteiger partial charge in [0.2, 0.25) is 0 Å². The molecule has 0 spiro atoms. The fourth-order valence-corrected chi connectivity index (χ4v) is 4.64. The van der Waals surface area contributed by atoms with Crippen LogP contribution in [-0.2, 0) is 13.0 Å². The van der Waals surface area contributed by atoms with Crippen LogP contribution in [0.5, 0.6) is 5.75 Å². The lowest BCUT2D eigenvalue weighted by molar-refractivity contribution is 0.415. The summed E-state index contributed by atoms with van der Waals surface area (Å²) in [6, 6.07) is 10.7. The first-order valence-electron chi connectivity index (χ1n) is 8.55. The van der Waals surface area contributed by atoms with Gasteiger partial charge < -0.3 is 15.0 Å². The molecule has 4 rings (SSSR count). The second-order valence-electron chi connectivity index (χ2n) is 6.23. The van der Waals surface area contributed by atoms with Gasteiger partial charge in [-0.3, -0.25) is 0 Å². The van der Waals surface area contributed by atoms with E-state index in [0.717, 1.165) is 29.2 Å². The molecule has 0 saturated carbocycles. The van der Waals surface area contributed by atoms with Crippen LogP contribution in [0.1, 0.15) is 27.2 Å². The van der Waals surface area contributed by atoms with Crippen LogP contribution in [0, 0.1) is 6.92 Å². The lowest BCUT2D eigenvalue weighted by Gasteiger charge is -2.16. The van der Waals surface area contributed by atoms with Crippen molar-refractivity contribution >= 4 is 33.6 Å². The molecular weight excluding hydrogens is 362 g/mol. The van der Waals surface area contributed by atoms with Crippen molar-refractivity contribution in [3.8, 4) is 5.75 Å². The number of thiophene rings is 1. The van der Waals surface area contributed by atoms with Gasteiger partial charge in [0.25, 0.3) is 0 Å². The molecule has 0 fully saturated rings. The molecule has 0 saturated heterocycles. The number of thiazole rings is 1. The Labute approximate surface area is 160 Å². The average molecular weight is 384 g/mol. The van der Waals surface area contributed by atoms with Gasteiger partial charge in [-0.05, 0) is 42.1 Å². The number of hydrogen-bond acceptors (Lipinski definition) is 5. The van der Waals surface area contributed by atoms with Gasteiger partial charge in [-0.15, -0.1) is 22.7 Å². The molecule has 0 aliphatic rings. The summed E-state index contributed by atoms with van der Waals surface area (Å²) in [5.74, 6) is 0.887. The number of aromatic amines is 1. The summed E-state index contributed by atoms with van der Waals surface area (Å²) in [5.41, 5.74) is 3.62. The number of fused-ring (bicyclic) bond motifs is 1. The lowest BCUT2D eigenvalue weighted by atomic mass is 10.1. The number of aryl methyl sites for hydroxylation is 1. The zero-order valence-corrected chi connectivity index (χ0v) is 16.4. The molecule has 4 aromatic rings. The van der Waals surface area contributed by atoms with Crippen molar-refractivity contribution in [3.63, 3.8) is 0 Å². The highest BCUT2D eigenvalue weighted by Crippen LogP contribution is 2.27. The molecule has 0 aliphatic carbocycles. The van der Waals surface area contributed by atoms with Crippen molar-refractivity contribution in [2.75, 3.05) is 7.11 Å². The lowest BCUT2D eigenvalue weighted by Crippen LogP contribution is -2.23. The van der Waals surface area contributed by atoms with E-state index in [1.54, 1.807) is 29.8 Å². The fraction of sp³-hybridized carbons (Fsp3) is 0.250. The van der Waals surface area contributed by atoms with Crippen molar-refractivity contribution in [3.05, 3.63) is 68.4 Å². The number of H-pyrrole nitrogens is 1. The maximum Gasteiger partial charge on any atom is 0.119 e. The second kappa shape index (κ2) is 7.61. The fourth-order valence-electron chi connectivity index (χ4n) is 3.17. The predicted octanol–water partition coefficient (Wildman–Crippen LogP) is 5.08. The molecule has 26 heavy (non-hydrogen) atoms. The average Bonchev–Trinajstić information content (AvgIpc) is 3.41. The van der Waals surface area contributed by atoms with Gasteiger partial charge >= 0.3 is 0 Å². The van der Waals surface area contributed by atoms with Crippen molar-refractivity contribution < 1.29 is 4.74 Å². The van der Waals surface area contributed by atoms with E-state index in [4.69, 9.17) is 4.74 Å². The number of hydrogen-bond donors (Lipinski definition) is 2. The van der Waals surface area contributed by atoms with Crippen LogP contribution in [0.4, 0.5) is 0 Å². The van der Waals surface area contributed by atoms with E-state index in [1.807, 2.05) is 17.6 Å². The van der Waals surface area contributed by atoms with Crippen LogP contribution < -0.4 is 10.1 Å². The van der Waals surface area contributed by atoms with Gasteiger partial charge in [-0.2, -0.15) is 0 Å². The number of benzene rings is 1. The van der Waals surface area contributed by atoms with Crippen LogP contribution in [0.2, 0.25) is 0 Å². The minimum Gasteiger partial charge on any atom is -0.497 e. The minimum atomic E-state index is 0.217. The van der Waals surface area contributed by atoms with Crippen molar-refractivity contribution in [1.82, 2.24) is 15.3 Å². The van der Waals surface area contributed by atoms with Crippen LogP contribution >= 0.6 is 22.7 Å². The summed E-state index contributed by atoms with van der Waals surface area (Å²) in [7, 11) is 1.70. The Kier molecular flexibility index (Phi) is 5.06. The van der Waals surface area contributed by atoms with Crippen LogP contribution in [0.3, 0.4) is 0 Å². The molecule has 1 atom stereocenters. The first-order valence-corrected chi connectivity index (χ1v) is 10.3. The summed E-state index contributed by atoms with van der Waals surface area (Å²) < 4.78 is 5.36. The Morgan fingerprint density at radius 1 is 1.23 bits per heavy atom. The quantitative estimate of drug-likeness (QED) is 0.468. The third-order valence-electron chi connectivity index (χ3n) is 4.63. The number of methoxy groups -OCH3 is 1. The molecule has 0 bridgehead atoms. The van der Waals surface area contributed by atoms with Gasteiger partial charge in [0.05, 0.1) is 13.2 Å². The molecule has 6 heteroatoms. The maximum atomic E-state index is 5.36. The van der Waals surface area contributed by atoms with Gasteiger partial charge in [0.1, 0.15) is 10.8 Å². The molecule has 1 aromatic carbocycles. The van der Waals surface area contributed by atoms with Crippen LogP contribution in [0.25, 0.3) is 10.9 Å². The standard InChI is InChI=1S/C20H21N3OS2/c1-13-16-10-14(24-2)5-6-17(16)23-19(13)12-22-18(20-21-7-9-26-20)11-15-4-3-8-25-15/h3-10,18,22-23H,11-12H2,1-2H3. The number of nitrogens with one attached hydrogen (secondary N) is 2. The van der Waals surface area contributed by atoms with Gasteiger partial charge in [0.15, 0.2) is 0 Å². The topological polar surface area (TPSA) is 49.9 Å². The molecular formula is C20H21N3OS2. The molecule has 0 radical (unpaired) electrons. The van der Waals surface area contributed by atoms with Crippen molar-refractivity contribution in [2.24, 2.45) is 0 Å². The Morgan fingerprint density at radius 2 is 2.15 bits per heavy atom. The SMILES string of the molecule is COc1ccc2[nH]c(CNC(Cc3cccs3)c3nccs3)c(C)c2c1. The first kappa shape index (κ1) is 17.3. The van der Waals surface area contributed by atoms with Crippen LogP contribution in [0.15, 0.2) is 47.3 Å². The summed E-state index contributed by atoms with van der Waals surface area (Å²) in [5, 5.41) is 10.2. The summed E-state index contributed by atoms with van der Waals surface area (Å²) in [6.45, 7) is 2.94. The molecule has 2 N–H and O–H groups in total. The molecule has 3 aromatic heterocycles. The molecule has 0 amide bonds. The van der Waals surface area contributed by atoms with E-state index >= 15 is 0 Å². The Balaban J connectivity index is 1.55. The van der Waals surface area contributed by atoms with E-state index in [9.17, 15) is 0 Å². The Morgan fingerprint density at radius 3 is 2.88 bits per heavy atom. The highest BCUT2D eigenvalue weighted by atomic mass is 32.1. The van der Waals surface area contributed by atoms with E-state index in [2.05, 4.69) is 51.9 Å². The monoisotopic (exact) mass is 383 g/mol. The van der Waals surface area contributed by atoms with Crippen molar-refractivity contribution in [1.29, 1.82) is 0 Å². The Bertz CT molecular complexity index is 974. The highest BCUT2D eigenvalue weighted by Gasteiger charge is 2.17. The number of aromatic nitrogens is 2. The second-order valence-corrected chi connectivity index (χ2v) is 8.19. The number of nitrogens with zero attached hydrogens (tertiary/aromatic N) is 1. The predicted molar refractivity (Wildman–Crippen MR) is 109 cm³/mol. The minimum absolute atomic E-state index is 0.217. The normalized spacial score (nSPS) is 12.5. The number of rotatable bonds is 7. The summed E-state index contributed by atoms with van der Waals surface area (Å²) in [6.07, 6.45) is 2.84. The Hall–Kier alpha value is -2.15. The zero-order chi connectivity index (χ0) is 17.9. The number of ether oxygens (including phenoxy) is 1. The van der Waals surface area contributed by atoms with Gasteiger partial charge in [-0.1, -0.05) is 6.07 Å². The van der Waals surface area contributed by atoms with Gasteiger partial charge in [0, 0.05) is 46.0 Å². The van der Waals surface area contributed by atoms with Crippen LogP contribution in [-0.4, -0.2) is 17.1 Å². The molecule has 3 heterocycles. The molecule has 0 aliphatic heterocycles. The first-order chi connectivity index (χ1) is 12.7. The van der Waals surface area contributed by atoms with Crippen molar-refractivity contribution in [2.45, 2.75) is 25.9 Å². The third-order valence-corrected chi connectivity index (χ3v) is 6.42. The van der Waals surface area contributed by atoms with Gasteiger partial charge in [-0.25, -0.2) is 4.98 Å². The maximum absolute atomic E-state index is 5.36.